The molecule has 0 spiro atoms. The number of hydrogen-bond donors (Lipinski definition) is 3. The van der Waals surface area contributed by atoms with Crippen LogP contribution in [0.3, 0.4) is 0 Å². The van der Waals surface area contributed by atoms with E-state index in [2.05, 4.69) is 11.9 Å². The van der Waals surface area contributed by atoms with Crippen molar-refractivity contribution in [1.29, 1.82) is 0 Å². The van der Waals surface area contributed by atoms with Crippen molar-refractivity contribution in [3.8, 4) is 5.75 Å². The fourth-order valence-electron chi connectivity index (χ4n) is 1.16. The second-order valence-corrected chi connectivity index (χ2v) is 3.60. The van der Waals surface area contributed by atoms with Gasteiger partial charge in [-0.05, 0) is 25.1 Å². The van der Waals surface area contributed by atoms with Gasteiger partial charge in [0.1, 0.15) is 5.75 Å². The molecule has 0 radical (unpaired) electrons. The Morgan fingerprint density at radius 3 is 2.72 bits per heavy atom. The lowest BCUT2D eigenvalue weighted by Gasteiger charge is -2.13. The Balaban J connectivity index is 2.89. The van der Waals surface area contributed by atoms with Gasteiger partial charge in [-0.3, -0.25) is 9.59 Å². The van der Waals surface area contributed by atoms with Gasteiger partial charge in [-0.1, -0.05) is 6.58 Å². The van der Waals surface area contributed by atoms with Gasteiger partial charge < -0.3 is 21.5 Å². The molecule has 1 aromatic carbocycles. The molecule has 1 atom stereocenters. The van der Waals surface area contributed by atoms with Crippen LogP contribution in [0.4, 0.5) is 11.4 Å². The van der Waals surface area contributed by atoms with Crippen molar-refractivity contribution in [1.82, 2.24) is 0 Å². The molecular weight excluding hydrogens is 234 g/mol. The van der Waals surface area contributed by atoms with Crippen molar-refractivity contribution in [3.05, 3.63) is 30.9 Å². The zero-order valence-corrected chi connectivity index (χ0v) is 9.97. The standard InChI is InChI=1S/C12H15N3O3/c1-3-11(16)15-10-6-8(4-5-9(10)13)18-7(2)12(14)17/h3-7H,1,13H2,2H3,(H2,14,17)(H,15,16). The highest BCUT2D eigenvalue weighted by atomic mass is 16.5. The van der Waals surface area contributed by atoms with Crippen LogP contribution in [-0.2, 0) is 9.59 Å². The highest BCUT2D eigenvalue weighted by Crippen LogP contribution is 2.25. The molecule has 18 heavy (non-hydrogen) atoms. The molecule has 0 aromatic heterocycles. The first kappa shape index (κ1) is 13.6. The minimum Gasteiger partial charge on any atom is -0.481 e. The number of nitrogens with one attached hydrogen (secondary N) is 1. The minimum atomic E-state index is -0.767. The summed E-state index contributed by atoms with van der Waals surface area (Å²) in [5.41, 5.74) is 11.5. The summed E-state index contributed by atoms with van der Waals surface area (Å²) in [5.74, 6) is -0.583. The Morgan fingerprint density at radius 2 is 2.17 bits per heavy atom. The van der Waals surface area contributed by atoms with Crippen LogP contribution in [0.5, 0.6) is 5.75 Å². The predicted octanol–water partition coefficient (Wildman–Crippen LogP) is 0.646. The average Bonchev–Trinajstić information content (AvgIpc) is 2.33. The van der Waals surface area contributed by atoms with Gasteiger partial charge in [0.25, 0.3) is 5.91 Å². The van der Waals surface area contributed by atoms with Gasteiger partial charge >= 0.3 is 0 Å². The third-order valence-corrected chi connectivity index (χ3v) is 2.18. The van der Waals surface area contributed by atoms with E-state index in [1.54, 1.807) is 12.1 Å². The van der Waals surface area contributed by atoms with E-state index in [1.807, 2.05) is 0 Å². The van der Waals surface area contributed by atoms with Crippen molar-refractivity contribution >= 4 is 23.2 Å². The van der Waals surface area contributed by atoms with E-state index in [-0.39, 0.29) is 5.91 Å². The number of primary amides is 1. The first-order chi connectivity index (χ1) is 8.43. The van der Waals surface area contributed by atoms with Crippen LogP contribution < -0.4 is 21.5 Å². The van der Waals surface area contributed by atoms with Crippen molar-refractivity contribution < 1.29 is 14.3 Å². The molecule has 1 rings (SSSR count). The zero-order valence-electron chi connectivity index (χ0n) is 9.97. The molecule has 1 aromatic rings. The van der Waals surface area contributed by atoms with E-state index < -0.39 is 12.0 Å². The largest absolute Gasteiger partial charge is 0.481 e. The van der Waals surface area contributed by atoms with Gasteiger partial charge in [0.2, 0.25) is 5.91 Å². The quantitative estimate of drug-likeness (QED) is 0.525. The number of amides is 2. The lowest BCUT2D eigenvalue weighted by Crippen LogP contribution is -2.30. The molecule has 2 amide bonds. The smallest absolute Gasteiger partial charge is 0.258 e. The first-order valence-corrected chi connectivity index (χ1v) is 5.23. The number of anilines is 2. The topological polar surface area (TPSA) is 107 Å². The number of benzene rings is 1. The molecule has 0 aliphatic heterocycles. The summed E-state index contributed by atoms with van der Waals surface area (Å²) in [4.78, 5) is 22.0. The average molecular weight is 249 g/mol. The highest BCUT2D eigenvalue weighted by molar-refractivity contribution is 6.01. The van der Waals surface area contributed by atoms with Crippen LogP contribution in [0.25, 0.3) is 0 Å². The van der Waals surface area contributed by atoms with Crippen LogP contribution in [0.1, 0.15) is 6.92 Å². The molecule has 6 nitrogen and oxygen atoms in total. The Morgan fingerprint density at radius 1 is 1.50 bits per heavy atom. The Hall–Kier alpha value is -2.50. The Labute approximate surface area is 105 Å². The van der Waals surface area contributed by atoms with Crippen molar-refractivity contribution in [3.63, 3.8) is 0 Å². The summed E-state index contributed by atoms with van der Waals surface area (Å²) in [6.07, 6.45) is 0.357. The monoisotopic (exact) mass is 249 g/mol. The third-order valence-electron chi connectivity index (χ3n) is 2.18. The molecule has 6 heteroatoms. The van der Waals surface area contributed by atoms with Crippen LogP contribution >= 0.6 is 0 Å². The van der Waals surface area contributed by atoms with E-state index in [9.17, 15) is 9.59 Å². The second-order valence-electron chi connectivity index (χ2n) is 3.60. The fraction of sp³-hybridized carbons (Fsp3) is 0.167. The number of carbonyl (C=O) groups excluding carboxylic acids is 2. The maximum atomic E-state index is 11.2. The van der Waals surface area contributed by atoms with Crippen molar-refractivity contribution in [2.24, 2.45) is 5.73 Å². The Bertz CT molecular complexity index is 485. The molecule has 0 bridgehead atoms. The molecule has 0 aliphatic carbocycles. The molecule has 0 saturated heterocycles. The number of nitrogen functional groups attached to an aromatic ring is 1. The fourth-order valence-corrected chi connectivity index (χ4v) is 1.16. The maximum absolute atomic E-state index is 11.2. The van der Waals surface area contributed by atoms with E-state index in [0.717, 1.165) is 6.08 Å². The van der Waals surface area contributed by atoms with Crippen LogP contribution in [0, 0.1) is 0 Å². The van der Waals surface area contributed by atoms with Crippen molar-refractivity contribution in [2.75, 3.05) is 11.1 Å². The van der Waals surface area contributed by atoms with E-state index in [4.69, 9.17) is 16.2 Å². The summed E-state index contributed by atoms with van der Waals surface area (Å²) < 4.78 is 5.28. The lowest BCUT2D eigenvalue weighted by molar-refractivity contribution is -0.124. The summed E-state index contributed by atoms with van der Waals surface area (Å²) in [7, 11) is 0. The van der Waals surface area contributed by atoms with Crippen LogP contribution in [0.2, 0.25) is 0 Å². The van der Waals surface area contributed by atoms with E-state index >= 15 is 0 Å². The first-order valence-electron chi connectivity index (χ1n) is 5.23. The van der Waals surface area contributed by atoms with Gasteiger partial charge in [-0.2, -0.15) is 0 Å². The molecule has 5 N–H and O–H groups in total. The van der Waals surface area contributed by atoms with Gasteiger partial charge in [0.15, 0.2) is 6.10 Å². The van der Waals surface area contributed by atoms with Crippen molar-refractivity contribution in [2.45, 2.75) is 13.0 Å². The number of ether oxygens (including phenoxy) is 1. The lowest BCUT2D eigenvalue weighted by atomic mass is 10.2. The number of hydrogen-bond acceptors (Lipinski definition) is 4. The van der Waals surface area contributed by atoms with Gasteiger partial charge in [-0.25, -0.2) is 0 Å². The van der Waals surface area contributed by atoms with Gasteiger partial charge in [0, 0.05) is 6.07 Å². The number of carbonyl (C=O) groups is 2. The molecule has 96 valence electrons. The minimum absolute atomic E-state index is 0.379. The molecule has 0 aliphatic rings. The van der Waals surface area contributed by atoms with Crippen LogP contribution in [-0.4, -0.2) is 17.9 Å². The Kier molecular flexibility index (Phi) is 4.31. The maximum Gasteiger partial charge on any atom is 0.258 e. The molecule has 0 fully saturated rings. The van der Waals surface area contributed by atoms with Gasteiger partial charge in [-0.15, -0.1) is 0 Å². The van der Waals surface area contributed by atoms with E-state index in [1.165, 1.54) is 13.0 Å². The summed E-state index contributed by atoms with van der Waals surface area (Å²) in [5, 5.41) is 2.52. The predicted molar refractivity (Wildman–Crippen MR) is 69.0 cm³/mol. The van der Waals surface area contributed by atoms with Gasteiger partial charge in [0.05, 0.1) is 11.4 Å². The second kappa shape index (κ2) is 5.72. The summed E-state index contributed by atoms with van der Waals surface area (Å²) >= 11 is 0. The molecule has 1 unspecified atom stereocenters. The summed E-state index contributed by atoms with van der Waals surface area (Å²) in [6, 6.07) is 4.65. The van der Waals surface area contributed by atoms with E-state index in [0.29, 0.717) is 17.1 Å². The highest BCUT2D eigenvalue weighted by Gasteiger charge is 2.11. The summed E-state index contributed by atoms with van der Waals surface area (Å²) in [6.45, 7) is 4.86. The van der Waals surface area contributed by atoms with Crippen LogP contribution in [0.15, 0.2) is 30.9 Å². The molecular formula is C12H15N3O3. The molecule has 0 heterocycles. The molecule has 0 saturated carbocycles. The normalized spacial score (nSPS) is 11.4. The number of rotatable bonds is 5. The SMILES string of the molecule is C=CC(=O)Nc1cc(OC(C)C(N)=O)ccc1N. The third kappa shape index (κ3) is 3.51. The zero-order chi connectivity index (χ0) is 13.7. The number of nitrogens with two attached hydrogens (primary N) is 2.